The van der Waals surface area contributed by atoms with Gasteiger partial charge in [0.2, 0.25) is 0 Å². The molecule has 0 unspecified atom stereocenters. The van der Waals surface area contributed by atoms with Gasteiger partial charge in [-0.3, -0.25) is 0 Å². The molecule has 0 radical (unpaired) electrons. The van der Waals surface area contributed by atoms with Crippen molar-refractivity contribution in [1.29, 1.82) is 0 Å². The molecule has 0 amide bonds. The van der Waals surface area contributed by atoms with E-state index in [1.54, 1.807) is 12.1 Å². The van der Waals surface area contributed by atoms with Gasteiger partial charge in [0.25, 0.3) is 0 Å². The highest BCUT2D eigenvalue weighted by molar-refractivity contribution is 9.10. The summed E-state index contributed by atoms with van der Waals surface area (Å²) in [6, 6.07) is 4.64. The highest BCUT2D eigenvalue weighted by atomic mass is 79.9. The fraction of sp³-hybridized carbons (Fsp3) is 0.333. The zero-order chi connectivity index (χ0) is 8.77. The third kappa shape index (κ3) is 1.27. The predicted molar refractivity (Wildman–Crippen MR) is 47.2 cm³/mol. The van der Waals surface area contributed by atoms with Crippen LogP contribution < -0.4 is 0 Å². The lowest BCUT2D eigenvalue weighted by molar-refractivity contribution is 0.146. The summed E-state index contributed by atoms with van der Waals surface area (Å²) in [6.45, 7) is 0. The van der Waals surface area contributed by atoms with E-state index >= 15 is 0 Å². The van der Waals surface area contributed by atoms with Gasteiger partial charge in [0.1, 0.15) is 5.82 Å². The van der Waals surface area contributed by atoms with Crippen molar-refractivity contribution < 1.29 is 9.50 Å². The zero-order valence-electron chi connectivity index (χ0n) is 6.35. The van der Waals surface area contributed by atoms with Gasteiger partial charge in [-0.15, -0.1) is 0 Å². The van der Waals surface area contributed by atoms with Gasteiger partial charge in [-0.1, -0.05) is 15.9 Å². The molecule has 0 aromatic heterocycles. The van der Waals surface area contributed by atoms with Crippen LogP contribution in [0.5, 0.6) is 0 Å². The normalized spacial score (nSPS) is 19.2. The Bertz CT molecular complexity index is 320. The van der Waals surface area contributed by atoms with Gasteiger partial charge in [0.05, 0.1) is 5.60 Å². The Morgan fingerprint density at radius 2 is 2.08 bits per heavy atom. The molecule has 1 aliphatic rings. The maximum Gasteiger partial charge on any atom is 0.129 e. The van der Waals surface area contributed by atoms with Gasteiger partial charge in [-0.25, -0.2) is 4.39 Å². The minimum atomic E-state index is -0.881. The molecule has 3 heteroatoms. The SMILES string of the molecule is OC1(c2cc(Br)ccc2F)CC1. The van der Waals surface area contributed by atoms with Crippen LogP contribution in [0.1, 0.15) is 18.4 Å². The van der Waals surface area contributed by atoms with Crippen LogP contribution in [-0.4, -0.2) is 5.11 Å². The van der Waals surface area contributed by atoms with Crippen molar-refractivity contribution >= 4 is 15.9 Å². The molecule has 0 atom stereocenters. The number of rotatable bonds is 1. The first-order valence-electron chi connectivity index (χ1n) is 3.80. The van der Waals surface area contributed by atoms with E-state index in [0.29, 0.717) is 18.4 Å². The molecular formula is C9H8BrFO. The van der Waals surface area contributed by atoms with E-state index in [-0.39, 0.29) is 5.82 Å². The van der Waals surface area contributed by atoms with Crippen LogP contribution >= 0.6 is 15.9 Å². The van der Waals surface area contributed by atoms with Gasteiger partial charge >= 0.3 is 0 Å². The molecule has 0 bridgehead atoms. The maximum atomic E-state index is 13.1. The van der Waals surface area contributed by atoms with Gasteiger partial charge in [0.15, 0.2) is 0 Å². The largest absolute Gasteiger partial charge is 0.385 e. The molecule has 1 saturated carbocycles. The lowest BCUT2D eigenvalue weighted by atomic mass is 10.1. The summed E-state index contributed by atoms with van der Waals surface area (Å²) >= 11 is 3.24. The Labute approximate surface area is 78.3 Å². The first-order valence-corrected chi connectivity index (χ1v) is 4.59. The minimum absolute atomic E-state index is 0.321. The third-order valence-electron chi connectivity index (χ3n) is 2.15. The monoisotopic (exact) mass is 230 g/mol. The highest BCUT2D eigenvalue weighted by Crippen LogP contribution is 2.46. The summed E-state index contributed by atoms with van der Waals surface area (Å²) < 4.78 is 13.9. The molecule has 1 aromatic rings. The fourth-order valence-electron chi connectivity index (χ4n) is 1.24. The number of halogens is 2. The van der Waals surface area contributed by atoms with Crippen LogP contribution in [0.4, 0.5) is 4.39 Å². The van der Waals surface area contributed by atoms with Gasteiger partial charge in [-0.2, -0.15) is 0 Å². The summed E-state index contributed by atoms with van der Waals surface area (Å²) in [5, 5.41) is 9.64. The Hall–Kier alpha value is -0.410. The van der Waals surface area contributed by atoms with E-state index in [1.807, 2.05) is 0 Å². The van der Waals surface area contributed by atoms with Crippen molar-refractivity contribution in [2.45, 2.75) is 18.4 Å². The molecule has 0 spiro atoms. The van der Waals surface area contributed by atoms with Crippen LogP contribution in [0.2, 0.25) is 0 Å². The zero-order valence-corrected chi connectivity index (χ0v) is 7.94. The number of aliphatic hydroxyl groups is 1. The van der Waals surface area contributed by atoms with E-state index in [4.69, 9.17) is 0 Å². The van der Waals surface area contributed by atoms with Crippen molar-refractivity contribution in [3.63, 3.8) is 0 Å². The van der Waals surface area contributed by atoms with Gasteiger partial charge in [0, 0.05) is 10.0 Å². The van der Waals surface area contributed by atoms with Crippen molar-refractivity contribution in [3.05, 3.63) is 34.1 Å². The topological polar surface area (TPSA) is 20.2 Å². The van der Waals surface area contributed by atoms with E-state index in [0.717, 1.165) is 4.47 Å². The Balaban J connectivity index is 2.48. The quantitative estimate of drug-likeness (QED) is 0.787. The van der Waals surface area contributed by atoms with Crippen LogP contribution in [0.25, 0.3) is 0 Å². The summed E-state index contributed by atoms with van der Waals surface area (Å²) in [4.78, 5) is 0. The fourth-order valence-corrected chi connectivity index (χ4v) is 1.60. The Morgan fingerprint density at radius 3 is 2.67 bits per heavy atom. The standard InChI is InChI=1S/C9H8BrFO/c10-6-1-2-8(11)7(5-6)9(12)3-4-9/h1-2,5,12H,3-4H2. The van der Waals surface area contributed by atoms with E-state index < -0.39 is 5.60 Å². The third-order valence-corrected chi connectivity index (χ3v) is 2.65. The lowest BCUT2D eigenvalue weighted by Crippen LogP contribution is -2.06. The molecule has 1 fully saturated rings. The average molecular weight is 231 g/mol. The van der Waals surface area contributed by atoms with Crippen LogP contribution in [0.3, 0.4) is 0 Å². The molecule has 1 nitrogen and oxygen atoms in total. The van der Waals surface area contributed by atoms with Crippen LogP contribution in [0.15, 0.2) is 22.7 Å². The number of hydrogen-bond acceptors (Lipinski definition) is 1. The molecule has 64 valence electrons. The maximum absolute atomic E-state index is 13.1. The summed E-state index contributed by atoms with van der Waals surface area (Å²) in [5.41, 5.74) is -0.467. The Kier molecular flexibility index (Phi) is 1.73. The van der Waals surface area contributed by atoms with Crippen LogP contribution in [0, 0.1) is 5.82 Å². The molecule has 1 N–H and O–H groups in total. The molecular weight excluding hydrogens is 223 g/mol. The second-order valence-corrected chi connectivity index (χ2v) is 4.07. The average Bonchev–Trinajstić information content (AvgIpc) is 2.75. The van der Waals surface area contributed by atoms with E-state index in [9.17, 15) is 9.50 Å². The van der Waals surface area contributed by atoms with Gasteiger partial charge < -0.3 is 5.11 Å². The van der Waals surface area contributed by atoms with Crippen molar-refractivity contribution in [1.82, 2.24) is 0 Å². The van der Waals surface area contributed by atoms with Crippen molar-refractivity contribution in [3.8, 4) is 0 Å². The van der Waals surface area contributed by atoms with Gasteiger partial charge in [-0.05, 0) is 31.0 Å². The molecule has 0 aliphatic heterocycles. The summed E-state index contributed by atoms with van der Waals surface area (Å²) in [7, 11) is 0. The highest BCUT2D eigenvalue weighted by Gasteiger charge is 2.44. The molecule has 1 aliphatic carbocycles. The number of benzene rings is 1. The lowest BCUT2D eigenvalue weighted by Gasteiger charge is -2.08. The molecule has 0 heterocycles. The minimum Gasteiger partial charge on any atom is -0.385 e. The summed E-state index contributed by atoms with van der Waals surface area (Å²) in [5.74, 6) is -0.321. The van der Waals surface area contributed by atoms with E-state index in [1.165, 1.54) is 6.07 Å². The first-order chi connectivity index (χ1) is 5.62. The van der Waals surface area contributed by atoms with Crippen molar-refractivity contribution in [2.24, 2.45) is 0 Å². The number of hydrogen-bond donors (Lipinski definition) is 1. The molecule has 2 rings (SSSR count). The second kappa shape index (κ2) is 2.54. The second-order valence-electron chi connectivity index (χ2n) is 3.16. The van der Waals surface area contributed by atoms with Crippen LogP contribution in [-0.2, 0) is 5.60 Å². The molecule has 1 aromatic carbocycles. The molecule has 0 saturated heterocycles. The smallest absolute Gasteiger partial charge is 0.129 e. The van der Waals surface area contributed by atoms with E-state index in [2.05, 4.69) is 15.9 Å². The first kappa shape index (κ1) is 8.20. The molecule has 12 heavy (non-hydrogen) atoms. The van der Waals surface area contributed by atoms with Crippen molar-refractivity contribution in [2.75, 3.05) is 0 Å². The Morgan fingerprint density at radius 1 is 1.42 bits per heavy atom. The predicted octanol–water partition coefficient (Wildman–Crippen LogP) is 2.57. The summed E-state index contributed by atoms with van der Waals surface area (Å²) in [6.07, 6.45) is 1.33.